The van der Waals surface area contributed by atoms with Crippen LogP contribution >= 0.6 is 0 Å². The first-order valence-electron chi connectivity index (χ1n) is 7.74. The average Bonchev–Trinajstić information content (AvgIpc) is 3.13. The summed E-state index contributed by atoms with van der Waals surface area (Å²) in [4.78, 5) is 37.3. The smallest absolute Gasteiger partial charge is 0.416 e. The van der Waals surface area contributed by atoms with Crippen molar-refractivity contribution in [2.75, 3.05) is 16.8 Å². The molecule has 2 heterocycles. The fourth-order valence-electron chi connectivity index (χ4n) is 2.55. The number of anilines is 2. The van der Waals surface area contributed by atoms with Gasteiger partial charge >= 0.3 is 12.1 Å². The van der Waals surface area contributed by atoms with Crippen molar-refractivity contribution in [1.82, 2.24) is 0 Å². The van der Waals surface area contributed by atoms with E-state index >= 15 is 0 Å². The highest BCUT2D eigenvalue weighted by atomic mass is 19.4. The summed E-state index contributed by atoms with van der Waals surface area (Å²) in [5, 5.41) is 2.30. The van der Waals surface area contributed by atoms with Gasteiger partial charge in [0, 0.05) is 0 Å². The normalized spacial score (nSPS) is 15.0. The molecule has 1 aromatic carbocycles. The lowest BCUT2D eigenvalue weighted by atomic mass is 10.1. The topological polar surface area (TPSA) is 88.8 Å². The number of benzene rings is 1. The van der Waals surface area contributed by atoms with E-state index in [1.807, 2.05) is 0 Å². The van der Waals surface area contributed by atoms with Crippen LogP contribution in [0.1, 0.15) is 23.0 Å². The molecule has 0 unspecified atom stereocenters. The third-order valence-corrected chi connectivity index (χ3v) is 3.81. The summed E-state index contributed by atoms with van der Waals surface area (Å²) in [6, 6.07) is 5.44. The van der Waals surface area contributed by atoms with Crippen molar-refractivity contribution in [2.24, 2.45) is 0 Å². The Balaban J connectivity index is 1.83. The van der Waals surface area contributed by atoms with E-state index in [1.54, 1.807) is 0 Å². The number of rotatable bonds is 3. The molecule has 10 heteroatoms. The van der Waals surface area contributed by atoms with Crippen molar-refractivity contribution in [3.8, 4) is 0 Å². The van der Waals surface area contributed by atoms with E-state index in [0.29, 0.717) is 0 Å². The lowest BCUT2D eigenvalue weighted by Gasteiger charge is -2.31. The van der Waals surface area contributed by atoms with Gasteiger partial charge in [0.2, 0.25) is 11.7 Å². The van der Waals surface area contributed by atoms with Crippen LogP contribution in [0.4, 0.5) is 24.5 Å². The summed E-state index contributed by atoms with van der Waals surface area (Å²) in [6.45, 7) is 0.874. The van der Waals surface area contributed by atoms with Gasteiger partial charge in [0.1, 0.15) is 6.54 Å². The highest BCUT2D eigenvalue weighted by Crippen LogP contribution is 2.37. The van der Waals surface area contributed by atoms with Crippen molar-refractivity contribution >= 4 is 29.2 Å². The Bertz CT molecular complexity index is 892. The van der Waals surface area contributed by atoms with Crippen LogP contribution in [0.15, 0.2) is 41.0 Å². The van der Waals surface area contributed by atoms with Gasteiger partial charge in [-0.2, -0.15) is 13.2 Å². The molecular formula is C17H13F3N2O5. The Hall–Kier alpha value is -3.30. The van der Waals surface area contributed by atoms with Crippen LogP contribution < -0.4 is 10.2 Å². The number of hydrogen-bond donors (Lipinski definition) is 1. The van der Waals surface area contributed by atoms with Crippen molar-refractivity contribution in [2.45, 2.75) is 19.2 Å². The minimum Gasteiger partial charge on any atom is -0.457 e. The zero-order valence-electron chi connectivity index (χ0n) is 13.9. The number of esters is 1. The van der Waals surface area contributed by atoms with Crippen molar-refractivity contribution in [3.05, 3.63) is 47.9 Å². The van der Waals surface area contributed by atoms with E-state index in [9.17, 15) is 27.6 Å². The molecule has 1 atom stereocenters. The van der Waals surface area contributed by atoms with Crippen molar-refractivity contribution in [1.29, 1.82) is 0 Å². The van der Waals surface area contributed by atoms with Crippen LogP contribution in [0.3, 0.4) is 0 Å². The minimum absolute atomic E-state index is 0.0773. The number of amides is 2. The zero-order chi connectivity index (χ0) is 19.8. The Morgan fingerprint density at radius 1 is 1.30 bits per heavy atom. The Labute approximate surface area is 150 Å². The molecule has 1 aliphatic heterocycles. The van der Waals surface area contributed by atoms with E-state index in [0.717, 1.165) is 23.1 Å². The number of carbonyl (C=O) groups excluding carboxylic acids is 3. The van der Waals surface area contributed by atoms with Crippen LogP contribution in [-0.4, -0.2) is 30.4 Å². The molecule has 2 amide bonds. The number of fused-ring (bicyclic) bond motifs is 1. The van der Waals surface area contributed by atoms with Gasteiger partial charge in [0.25, 0.3) is 5.91 Å². The third kappa shape index (κ3) is 3.78. The molecule has 0 spiro atoms. The second kappa shape index (κ2) is 6.78. The number of nitrogens with zero attached hydrogens (tertiary/aromatic N) is 1. The first kappa shape index (κ1) is 18.5. The molecule has 1 aliphatic rings. The van der Waals surface area contributed by atoms with Gasteiger partial charge in [-0.15, -0.1) is 0 Å². The number of ether oxygens (including phenoxy) is 1. The van der Waals surface area contributed by atoms with Crippen LogP contribution in [0.25, 0.3) is 0 Å². The van der Waals surface area contributed by atoms with E-state index in [2.05, 4.69) is 5.32 Å². The molecular weight excluding hydrogens is 369 g/mol. The number of nitrogens with one attached hydrogen (secondary N) is 1. The highest BCUT2D eigenvalue weighted by Gasteiger charge is 2.35. The molecule has 7 nitrogen and oxygen atoms in total. The van der Waals surface area contributed by atoms with Gasteiger partial charge in [-0.1, -0.05) is 0 Å². The molecule has 1 aromatic heterocycles. The minimum atomic E-state index is -4.60. The van der Waals surface area contributed by atoms with E-state index in [4.69, 9.17) is 9.15 Å². The molecule has 0 saturated heterocycles. The van der Waals surface area contributed by atoms with Crippen LogP contribution in [0, 0.1) is 0 Å². The summed E-state index contributed by atoms with van der Waals surface area (Å²) in [6.07, 6.45) is -4.63. The van der Waals surface area contributed by atoms with Gasteiger partial charge < -0.3 is 14.5 Å². The molecule has 2 aromatic rings. The molecule has 142 valence electrons. The fourth-order valence-corrected chi connectivity index (χ4v) is 2.55. The molecule has 0 radical (unpaired) electrons. The van der Waals surface area contributed by atoms with Crippen LogP contribution in [0.2, 0.25) is 0 Å². The fraction of sp³-hybridized carbons (Fsp3) is 0.235. The number of halogens is 3. The standard InChI is InChI=1S/C17H13F3N2O5/c1-9(27-16(25)13-3-2-6-26-13)15(24)22-8-14(23)21-11-7-10(17(18,19)20)4-5-12(11)22/h2-7,9H,8H2,1H3,(H,21,23)/t9-/m1/s1. The quantitative estimate of drug-likeness (QED) is 0.825. The molecule has 0 saturated carbocycles. The maximum atomic E-state index is 12.9. The SMILES string of the molecule is C[C@@H](OC(=O)c1ccco1)C(=O)N1CC(=O)Nc2cc(C(F)(F)F)ccc21. The average molecular weight is 382 g/mol. The number of alkyl halides is 3. The van der Waals surface area contributed by atoms with Gasteiger partial charge in [-0.3, -0.25) is 14.5 Å². The zero-order valence-corrected chi connectivity index (χ0v) is 13.9. The second-order valence-electron chi connectivity index (χ2n) is 5.73. The van der Waals surface area contributed by atoms with Gasteiger partial charge in [0.15, 0.2) is 6.10 Å². The first-order chi connectivity index (χ1) is 12.7. The summed E-state index contributed by atoms with van der Waals surface area (Å²) < 4.78 is 48.4. The lowest BCUT2D eigenvalue weighted by molar-refractivity contribution is -0.137. The summed E-state index contributed by atoms with van der Waals surface area (Å²) in [7, 11) is 0. The summed E-state index contributed by atoms with van der Waals surface area (Å²) in [5.41, 5.74) is -1.04. The number of hydrogen-bond acceptors (Lipinski definition) is 5. The Morgan fingerprint density at radius 2 is 2.04 bits per heavy atom. The number of furan rings is 1. The van der Waals surface area contributed by atoms with E-state index in [-0.39, 0.29) is 17.1 Å². The summed E-state index contributed by atoms with van der Waals surface area (Å²) in [5.74, 6) is -2.42. The molecule has 0 bridgehead atoms. The summed E-state index contributed by atoms with van der Waals surface area (Å²) >= 11 is 0. The van der Waals surface area contributed by atoms with Crippen LogP contribution in [-0.2, 0) is 20.5 Å². The highest BCUT2D eigenvalue weighted by molar-refractivity contribution is 6.11. The molecule has 0 fully saturated rings. The van der Waals surface area contributed by atoms with Crippen molar-refractivity contribution < 1.29 is 36.7 Å². The predicted octanol–water partition coefficient (Wildman–Crippen LogP) is 2.83. The molecule has 27 heavy (non-hydrogen) atoms. The van der Waals surface area contributed by atoms with E-state index in [1.165, 1.54) is 25.3 Å². The monoisotopic (exact) mass is 382 g/mol. The van der Waals surface area contributed by atoms with Gasteiger partial charge in [-0.25, -0.2) is 4.79 Å². The largest absolute Gasteiger partial charge is 0.457 e. The van der Waals surface area contributed by atoms with Gasteiger partial charge in [0.05, 0.1) is 23.2 Å². The van der Waals surface area contributed by atoms with Crippen LogP contribution in [0.5, 0.6) is 0 Å². The Kier molecular flexibility index (Phi) is 4.64. The molecule has 3 rings (SSSR count). The van der Waals surface area contributed by atoms with E-state index < -0.39 is 42.2 Å². The third-order valence-electron chi connectivity index (χ3n) is 3.81. The van der Waals surface area contributed by atoms with Gasteiger partial charge in [-0.05, 0) is 37.3 Å². The Morgan fingerprint density at radius 3 is 2.67 bits per heavy atom. The van der Waals surface area contributed by atoms with Crippen molar-refractivity contribution in [3.63, 3.8) is 0 Å². The molecule has 1 N–H and O–H groups in total. The number of carbonyl (C=O) groups is 3. The lowest BCUT2D eigenvalue weighted by Crippen LogP contribution is -2.47. The maximum Gasteiger partial charge on any atom is 0.416 e. The second-order valence-corrected chi connectivity index (χ2v) is 5.73. The maximum absolute atomic E-state index is 12.9. The first-order valence-corrected chi connectivity index (χ1v) is 7.74. The molecule has 0 aliphatic carbocycles. The predicted molar refractivity (Wildman–Crippen MR) is 86.0 cm³/mol.